The number of β-lactam (4-membered cyclic amide) rings is 1. The number of hydrogen-bond donors (Lipinski definition) is 3. The highest BCUT2D eigenvalue weighted by atomic mass is 32.2. The fourth-order valence-electron chi connectivity index (χ4n) is 3.32. The Labute approximate surface area is 207 Å². The first-order valence-corrected chi connectivity index (χ1v) is 13.2. The van der Waals surface area contributed by atoms with Crippen molar-refractivity contribution in [3.05, 3.63) is 32.0 Å². The Morgan fingerprint density at radius 1 is 1.35 bits per heavy atom. The average molecular weight is 529 g/mol. The smallest absolute Gasteiger partial charge is 0.352 e. The van der Waals surface area contributed by atoms with E-state index in [1.54, 1.807) is 0 Å². The lowest BCUT2D eigenvalue weighted by Gasteiger charge is -2.49. The van der Waals surface area contributed by atoms with Crippen LogP contribution >= 0.6 is 35.3 Å². The number of fused-ring (bicyclic) bond motifs is 1. The molecule has 3 heterocycles. The average Bonchev–Trinajstić information content (AvgIpc) is 2.76. The molecule has 0 radical (unpaired) electrons. The van der Waals surface area contributed by atoms with Crippen LogP contribution in [0.2, 0.25) is 0 Å². The molecule has 2 aliphatic heterocycles. The molecule has 3 rings (SSSR count). The Hall–Kier alpha value is -2.52. The van der Waals surface area contributed by atoms with E-state index in [9.17, 15) is 29.1 Å². The molecule has 15 heteroatoms. The molecule has 3 N–H and O–H groups in total. The van der Waals surface area contributed by atoms with Gasteiger partial charge in [0.2, 0.25) is 5.91 Å². The summed E-state index contributed by atoms with van der Waals surface area (Å²) >= 11 is 3.71. The number of H-pyrrole nitrogens is 1. The van der Waals surface area contributed by atoms with Gasteiger partial charge >= 0.3 is 17.1 Å². The molecule has 34 heavy (non-hydrogen) atoms. The number of rotatable bonds is 8. The highest BCUT2D eigenvalue weighted by molar-refractivity contribution is 8.14. The number of aliphatic imine (C=N–C) groups is 1. The van der Waals surface area contributed by atoms with Crippen molar-refractivity contribution < 1.29 is 19.5 Å². The van der Waals surface area contributed by atoms with Crippen LogP contribution in [-0.4, -0.2) is 82.3 Å². The van der Waals surface area contributed by atoms with Gasteiger partial charge in [0.15, 0.2) is 5.16 Å². The minimum Gasteiger partial charge on any atom is -0.477 e. The molecule has 2 aliphatic rings. The van der Waals surface area contributed by atoms with E-state index in [0.717, 1.165) is 16.8 Å². The zero-order chi connectivity index (χ0) is 25.2. The van der Waals surface area contributed by atoms with E-state index in [4.69, 9.17) is 0 Å². The molecule has 0 spiro atoms. The van der Waals surface area contributed by atoms with Crippen LogP contribution < -0.4 is 16.4 Å². The summed E-state index contributed by atoms with van der Waals surface area (Å²) in [7, 11) is 1.51. The third-order valence-corrected chi connectivity index (χ3v) is 8.13. The molecular formula is C19H24N6O6S3. The predicted octanol–water partition coefficient (Wildman–Crippen LogP) is -0.141. The fraction of sp³-hybridized carbons (Fsp3) is 0.526. The maximum atomic E-state index is 12.8. The summed E-state index contributed by atoms with van der Waals surface area (Å²) in [6.07, 6.45) is 0. The summed E-state index contributed by atoms with van der Waals surface area (Å²) in [5, 5.41) is 15.3. The van der Waals surface area contributed by atoms with Gasteiger partial charge in [0.25, 0.3) is 5.91 Å². The molecule has 1 saturated heterocycles. The molecule has 2 unspecified atom stereocenters. The van der Waals surface area contributed by atoms with Gasteiger partial charge in [0.1, 0.15) is 17.1 Å². The number of thioether (sulfide) groups is 3. The molecule has 1 aromatic heterocycles. The number of aryl methyl sites for hydroxylation is 1. The molecule has 2 amide bonds. The normalized spacial score (nSPS) is 20.3. The number of aliphatic carboxylic acids is 1. The number of carboxylic acid groups (broad SMARTS) is 1. The highest BCUT2D eigenvalue weighted by Gasteiger charge is 2.54. The number of carboxylic acids is 1. The third-order valence-electron chi connectivity index (χ3n) is 4.74. The van der Waals surface area contributed by atoms with Crippen LogP contribution in [0.15, 0.2) is 31.0 Å². The number of amides is 2. The monoisotopic (exact) mass is 528 g/mol. The summed E-state index contributed by atoms with van der Waals surface area (Å²) < 4.78 is 1.28. The number of carbonyl (C=O) groups excluding carboxylic acids is 2. The largest absolute Gasteiger partial charge is 0.477 e. The van der Waals surface area contributed by atoms with Crippen molar-refractivity contribution in [2.45, 2.75) is 43.4 Å². The number of hydrogen-bond acceptors (Lipinski definition) is 10. The van der Waals surface area contributed by atoms with Crippen molar-refractivity contribution in [3.8, 4) is 0 Å². The number of carbonyl (C=O) groups is 3. The van der Waals surface area contributed by atoms with Crippen molar-refractivity contribution in [2.24, 2.45) is 12.0 Å². The van der Waals surface area contributed by atoms with Crippen molar-refractivity contribution >= 4 is 58.1 Å². The van der Waals surface area contributed by atoms with E-state index in [1.807, 2.05) is 20.8 Å². The Morgan fingerprint density at radius 2 is 2.06 bits per heavy atom. The second-order valence-electron chi connectivity index (χ2n) is 7.73. The molecule has 2 atom stereocenters. The van der Waals surface area contributed by atoms with Crippen molar-refractivity contribution in [1.82, 2.24) is 25.0 Å². The molecule has 184 valence electrons. The third kappa shape index (κ3) is 5.75. The van der Waals surface area contributed by atoms with Gasteiger partial charge < -0.3 is 10.4 Å². The summed E-state index contributed by atoms with van der Waals surface area (Å²) in [5.41, 5.74) is -1.44. The summed E-state index contributed by atoms with van der Waals surface area (Å²) in [4.78, 5) is 69.2. The molecule has 1 fully saturated rings. The number of nitrogens with one attached hydrogen (secondary N) is 2. The first kappa shape index (κ1) is 26.1. The van der Waals surface area contributed by atoms with Gasteiger partial charge in [0.05, 0.1) is 10.8 Å². The van der Waals surface area contributed by atoms with Crippen molar-refractivity contribution in [3.63, 3.8) is 0 Å². The molecule has 0 aliphatic carbocycles. The first-order chi connectivity index (χ1) is 16.0. The van der Waals surface area contributed by atoms with Crippen LogP contribution in [0, 0.1) is 0 Å². The van der Waals surface area contributed by atoms with Crippen LogP contribution in [0.3, 0.4) is 0 Å². The standard InChI is InChI=1S/C19H24N6O6S3/c1-8(2)20-9(3)32-7-11(26)21-12-16(29)25-13(18(30)31)10(5-33-17(12)25)6-34-19-22-14(27)15(28)23-24(19)4/h8,12,17H,5-7H2,1-4H3,(H,21,26)(H,23,28)(H,30,31). The van der Waals surface area contributed by atoms with E-state index >= 15 is 0 Å². The zero-order valence-corrected chi connectivity index (χ0v) is 21.3. The zero-order valence-electron chi connectivity index (χ0n) is 18.9. The van der Waals surface area contributed by atoms with Crippen LogP contribution in [0.25, 0.3) is 0 Å². The van der Waals surface area contributed by atoms with Crippen molar-refractivity contribution in [1.29, 1.82) is 0 Å². The van der Waals surface area contributed by atoms with E-state index in [-0.39, 0.29) is 34.3 Å². The lowest BCUT2D eigenvalue weighted by Crippen LogP contribution is -2.70. The maximum absolute atomic E-state index is 12.8. The molecule has 0 saturated carbocycles. The van der Waals surface area contributed by atoms with E-state index in [1.165, 1.54) is 40.2 Å². The summed E-state index contributed by atoms with van der Waals surface area (Å²) in [5.74, 6) is -1.48. The minimum absolute atomic E-state index is 0.109. The lowest BCUT2D eigenvalue weighted by molar-refractivity contribution is -0.150. The maximum Gasteiger partial charge on any atom is 0.352 e. The van der Waals surface area contributed by atoms with Gasteiger partial charge in [-0.1, -0.05) is 11.8 Å². The molecule has 0 aromatic carbocycles. The first-order valence-electron chi connectivity index (χ1n) is 10.2. The minimum atomic E-state index is -1.25. The van der Waals surface area contributed by atoms with Gasteiger partial charge in [0, 0.05) is 24.6 Å². The molecule has 12 nitrogen and oxygen atoms in total. The lowest BCUT2D eigenvalue weighted by atomic mass is 10.0. The van der Waals surface area contributed by atoms with Gasteiger partial charge in [-0.15, -0.1) is 23.5 Å². The predicted molar refractivity (Wildman–Crippen MR) is 131 cm³/mol. The molecular weight excluding hydrogens is 504 g/mol. The fourth-order valence-corrected chi connectivity index (χ4v) is 6.43. The number of aromatic nitrogens is 3. The van der Waals surface area contributed by atoms with Gasteiger partial charge in [-0.25, -0.2) is 4.79 Å². The van der Waals surface area contributed by atoms with Crippen LogP contribution in [0.1, 0.15) is 20.8 Å². The van der Waals surface area contributed by atoms with Gasteiger partial charge in [-0.3, -0.25) is 38.9 Å². The molecule has 1 aromatic rings. The van der Waals surface area contributed by atoms with E-state index in [2.05, 4.69) is 20.4 Å². The van der Waals surface area contributed by atoms with Crippen LogP contribution in [0.4, 0.5) is 0 Å². The Morgan fingerprint density at radius 3 is 2.71 bits per heavy atom. The van der Waals surface area contributed by atoms with Gasteiger partial charge in [-0.05, 0) is 26.3 Å². The number of aromatic amines is 1. The van der Waals surface area contributed by atoms with E-state index < -0.39 is 34.4 Å². The van der Waals surface area contributed by atoms with Crippen molar-refractivity contribution in [2.75, 3.05) is 17.3 Å². The van der Waals surface area contributed by atoms with Gasteiger partial charge in [-0.2, -0.15) is 4.98 Å². The summed E-state index contributed by atoms with van der Waals surface area (Å²) in [6, 6.07) is -0.680. The summed E-state index contributed by atoms with van der Waals surface area (Å²) in [6.45, 7) is 5.68. The SMILES string of the molecule is CC(=NC(C)C)SCC(=O)NC1C(=O)N2C(C(=O)O)=C(CSc3nc(=O)c(=O)[nH]n3C)CSC12. The quantitative estimate of drug-likeness (QED) is 0.136. The van der Waals surface area contributed by atoms with E-state index in [0.29, 0.717) is 11.3 Å². The Balaban J connectivity index is 1.68. The second kappa shape index (κ2) is 10.8. The Bertz CT molecular complexity index is 1190. The topological polar surface area (TPSA) is 167 Å². The highest BCUT2D eigenvalue weighted by Crippen LogP contribution is 2.41. The second-order valence-corrected chi connectivity index (χ2v) is 10.9. The van der Waals surface area contributed by atoms with Crippen LogP contribution in [0.5, 0.6) is 0 Å². The van der Waals surface area contributed by atoms with Crippen LogP contribution in [-0.2, 0) is 21.4 Å². The molecule has 0 bridgehead atoms. The Kier molecular flexibility index (Phi) is 8.30. The number of nitrogens with zero attached hydrogens (tertiary/aromatic N) is 4.